The molecular formula is C30H49NO3. The second kappa shape index (κ2) is 15.4. The lowest BCUT2D eigenvalue weighted by atomic mass is 9.89. The highest BCUT2D eigenvalue weighted by molar-refractivity contribution is 5.76. The lowest BCUT2D eigenvalue weighted by Crippen LogP contribution is -2.32. The molecule has 0 aliphatic heterocycles. The fourth-order valence-electron chi connectivity index (χ4n) is 5.53. The average Bonchev–Trinajstić information content (AvgIpc) is 3.34. The number of hydrogen-bond donors (Lipinski definition) is 2. The molecule has 4 nitrogen and oxygen atoms in total. The Morgan fingerprint density at radius 2 is 1.88 bits per heavy atom. The van der Waals surface area contributed by atoms with Gasteiger partial charge < -0.3 is 15.1 Å². The summed E-state index contributed by atoms with van der Waals surface area (Å²) in [6.45, 7) is 9.99. The normalized spacial score (nSPS) is 26.9. The van der Waals surface area contributed by atoms with Gasteiger partial charge in [-0.05, 0) is 69.6 Å². The van der Waals surface area contributed by atoms with E-state index in [1.807, 2.05) is 19.9 Å². The number of fused-ring (bicyclic) bond motifs is 1. The van der Waals surface area contributed by atoms with Crippen LogP contribution in [0.25, 0.3) is 0 Å². The van der Waals surface area contributed by atoms with Crippen LogP contribution in [0.15, 0.2) is 23.8 Å². The van der Waals surface area contributed by atoms with Gasteiger partial charge in [-0.2, -0.15) is 0 Å². The largest absolute Gasteiger partial charge is 0.392 e. The van der Waals surface area contributed by atoms with Crippen LogP contribution in [0.2, 0.25) is 0 Å². The molecule has 2 fully saturated rings. The summed E-state index contributed by atoms with van der Waals surface area (Å²) < 4.78 is 0. The number of aliphatic hydroxyl groups is 2. The Bertz CT molecular complexity index is 723. The number of allylic oxidation sites excluding steroid dienone is 2. The van der Waals surface area contributed by atoms with Gasteiger partial charge in [0, 0.05) is 31.8 Å². The van der Waals surface area contributed by atoms with E-state index in [4.69, 9.17) is 0 Å². The van der Waals surface area contributed by atoms with Crippen LogP contribution in [-0.4, -0.2) is 46.3 Å². The van der Waals surface area contributed by atoms with E-state index in [-0.39, 0.29) is 17.9 Å². The fraction of sp³-hybridized carbons (Fsp3) is 0.767. The summed E-state index contributed by atoms with van der Waals surface area (Å²) >= 11 is 0. The third-order valence-corrected chi connectivity index (χ3v) is 7.77. The summed E-state index contributed by atoms with van der Waals surface area (Å²) in [7, 11) is 0. The lowest BCUT2D eigenvalue weighted by Gasteiger charge is -2.22. The first-order chi connectivity index (χ1) is 16.4. The third kappa shape index (κ3) is 8.90. The molecule has 0 spiro atoms. The predicted octanol–water partition coefficient (Wildman–Crippen LogP) is 5.89. The summed E-state index contributed by atoms with van der Waals surface area (Å²) in [6, 6.07) is 0. The maximum Gasteiger partial charge on any atom is 0.222 e. The zero-order valence-corrected chi connectivity index (χ0v) is 22.1. The SMILES string of the molecule is CC#CC[C@@H](C)[C@H](O)/C=C/[C@@H]1[C@H]2C/C(=C/CCCC(=O)N(CCCC)CCCC)C[C@H]2C[C@H]1O. The van der Waals surface area contributed by atoms with Crippen LogP contribution in [0.3, 0.4) is 0 Å². The molecule has 2 aliphatic rings. The Morgan fingerprint density at radius 3 is 2.53 bits per heavy atom. The van der Waals surface area contributed by atoms with Gasteiger partial charge in [0.25, 0.3) is 0 Å². The first kappa shape index (κ1) is 28.7. The highest BCUT2D eigenvalue weighted by Crippen LogP contribution is 2.50. The highest BCUT2D eigenvalue weighted by Gasteiger charge is 2.45. The highest BCUT2D eigenvalue weighted by atomic mass is 16.3. The zero-order chi connectivity index (χ0) is 24.9. The van der Waals surface area contributed by atoms with E-state index < -0.39 is 6.10 Å². The smallest absolute Gasteiger partial charge is 0.222 e. The summed E-state index contributed by atoms with van der Waals surface area (Å²) in [5.41, 5.74) is 1.49. The molecule has 6 atom stereocenters. The number of rotatable bonds is 14. The van der Waals surface area contributed by atoms with Crippen LogP contribution in [0.4, 0.5) is 0 Å². The lowest BCUT2D eigenvalue weighted by molar-refractivity contribution is -0.131. The minimum absolute atomic E-state index is 0.0969. The van der Waals surface area contributed by atoms with Gasteiger partial charge in [-0.3, -0.25) is 4.79 Å². The van der Waals surface area contributed by atoms with Crippen LogP contribution in [0.5, 0.6) is 0 Å². The van der Waals surface area contributed by atoms with Crippen molar-refractivity contribution in [1.82, 2.24) is 4.90 Å². The molecule has 0 aromatic rings. The number of unbranched alkanes of at least 4 members (excludes halogenated alkanes) is 3. The van der Waals surface area contributed by atoms with E-state index in [0.717, 1.165) is 70.9 Å². The van der Waals surface area contributed by atoms with Crippen molar-refractivity contribution in [3.63, 3.8) is 0 Å². The monoisotopic (exact) mass is 471 g/mol. The van der Waals surface area contributed by atoms with Crippen molar-refractivity contribution in [2.24, 2.45) is 23.7 Å². The summed E-state index contributed by atoms with van der Waals surface area (Å²) in [5.74, 6) is 7.47. The van der Waals surface area contributed by atoms with Crippen molar-refractivity contribution in [1.29, 1.82) is 0 Å². The van der Waals surface area contributed by atoms with E-state index in [1.165, 1.54) is 5.57 Å². The molecule has 0 aromatic heterocycles. The number of aliphatic hydroxyl groups excluding tert-OH is 2. The van der Waals surface area contributed by atoms with E-state index in [0.29, 0.717) is 30.6 Å². The Balaban J connectivity index is 1.82. The molecule has 1 amide bonds. The van der Waals surface area contributed by atoms with Crippen molar-refractivity contribution >= 4 is 5.91 Å². The van der Waals surface area contributed by atoms with Crippen LogP contribution in [-0.2, 0) is 4.79 Å². The quantitative estimate of drug-likeness (QED) is 0.189. The van der Waals surface area contributed by atoms with E-state index >= 15 is 0 Å². The van der Waals surface area contributed by atoms with Crippen LogP contribution in [0, 0.1) is 35.5 Å². The number of nitrogens with zero attached hydrogens (tertiary/aromatic N) is 1. The first-order valence-electron chi connectivity index (χ1n) is 13.8. The summed E-state index contributed by atoms with van der Waals surface area (Å²) in [4.78, 5) is 14.7. The van der Waals surface area contributed by atoms with Crippen LogP contribution < -0.4 is 0 Å². The van der Waals surface area contributed by atoms with Gasteiger partial charge in [0.1, 0.15) is 0 Å². The number of amides is 1. The van der Waals surface area contributed by atoms with Crippen molar-refractivity contribution in [2.45, 2.75) is 111 Å². The standard InChI is InChI=1S/C30H49NO3/c1-5-8-13-23(4)28(32)17-16-26-27-21-24(20-25(27)22-29(26)33)14-11-12-15-30(34)31(18-9-6-2)19-10-7-3/h14,16-17,23,25-29,32-33H,6-7,9-13,15,18-22H2,1-4H3/b17-16+,24-14+/t23-,25+,26-,27+,28-,29-/m1/s1. The minimum atomic E-state index is -0.518. The Morgan fingerprint density at radius 1 is 1.18 bits per heavy atom. The van der Waals surface area contributed by atoms with Gasteiger partial charge >= 0.3 is 0 Å². The Hall–Kier alpha value is -1.57. The van der Waals surface area contributed by atoms with Crippen LogP contribution >= 0.6 is 0 Å². The molecule has 2 N–H and O–H groups in total. The molecule has 4 heteroatoms. The van der Waals surface area contributed by atoms with Crippen molar-refractivity contribution < 1.29 is 15.0 Å². The zero-order valence-electron chi connectivity index (χ0n) is 22.1. The van der Waals surface area contributed by atoms with E-state index in [2.05, 4.69) is 42.7 Å². The molecule has 0 saturated heterocycles. The van der Waals surface area contributed by atoms with Gasteiger partial charge in [-0.15, -0.1) is 11.8 Å². The Labute approximate surface area is 208 Å². The summed E-state index contributed by atoms with van der Waals surface area (Å²) in [6.07, 6.45) is 16.1. The third-order valence-electron chi connectivity index (χ3n) is 7.77. The minimum Gasteiger partial charge on any atom is -0.392 e. The van der Waals surface area contributed by atoms with Crippen molar-refractivity contribution in [2.75, 3.05) is 13.1 Å². The number of hydrogen-bond acceptors (Lipinski definition) is 3. The van der Waals surface area contributed by atoms with E-state index in [9.17, 15) is 15.0 Å². The van der Waals surface area contributed by atoms with Gasteiger partial charge in [-0.1, -0.05) is 57.4 Å². The second-order valence-electron chi connectivity index (χ2n) is 10.5. The van der Waals surface area contributed by atoms with Gasteiger partial charge in [0.15, 0.2) is 0 Å². The molecule has 2 saturated carbocycles. The van der Waals surface area contributed by atoms with Crippen molar-refractivity contribution in [3.05, 3.63) is 23.8 Å². The average molecular weight is 472 g/mol. The van der Waals surface area contributed by atoms with Gasteiger partial charge in [-0.25, -0.2) is 0 Å². The molecular weight excluding hydrogens is 422 g/mol. The fourth-order valence-corrected chi connectivity index (χ4v) is 5.53. The molecule has 2 aliphatic carbocycles. The molecule has 192 valence electrons. The predicted molar refractivity (Wildman–Crippen MR) is 141 cm³/mol. The molecule has 0 aromatic carbocycles. The molecule has 34 heavy (non-hydrogen) atoms. The van der Waals surface area contributed by atoms with Gasteiger partial charge in [0.2, 0.25) is 5.91 Å². The van der Waals surface area contributed by atoms with Crippen LogP contribution in [0.1, 0.15) is 98.3 Å². The Kier molecular flexibility index (Phi) is 13.0. The number of carbonyl (C=O) groups is 1. The van der Waals surface area contributed by atoms with Crippen molar-refractivity contribution in [3.8, 4) is 11.8 Å². The van der Waals surface area contributed by atoms with Gasteiger partial charge in [0.05, 0.1) is 12.2 Å². The summed E-state index contributed by atoms with van der Waals surface area (Å²) in [5, 5.41) is 21.0. The number of carbonyl (C=O) groups excluding carboxylic acids is 1. The maximum absolute atomic E-state index is 12.7. The second-order valence-corrected chi connectivity index (χ2v) is 10.5. The molecule has 0 radical (unpaired) electrons. The maximum atomic E-state index is 12.7. The molecule has 0 bridgehead atoms. The topological polar surface area (TPSA) is 60.8 Å². The molecule has 2 rings (SSSR count). The molecule has 0 unspecified atom stereocenters. The van der Waals surface area contributed by atoms with E-state index in [1.54, 1.807) is 0 Å². The molecule has 0 heterocycles. The first-order valence-corrected chi connectivity index (χ1v) is 13.8.